The molecule has 0 saturated carbocycles. The lowest BCUT2D eigenvalue weighted by Gasteiger charge is -2.24. The molecule has 0 radical (unpaired) electrons. The lowest BCUT2D eigenvalue weighted by atomic mass is 10.0. The molecule has 8 heteroatoms. The molecule has 1 rings (SSSR count). The number of ether oxygens (including phenoxy) is 3. The number of aldehydes is 1. The Morgan fingerprint density at radius 2 is 1.79 bits per heavy atom. The molecule has 1 heterocycles. The van der Waals surface area contributed by atoms with Crippen LogP contribution in [0.5, 0.6) is 0 Å². The van der Waals surface area contributed by atoms with Crippen LogP contribution in [0.15, 0.2) is 0 Å². The molecule has 0 amide bonds. The number of rotatable bonds is 15. The summed E-state index contributed by atoms with van der Waals surface area (Å²) in [6.07, 6.45) is 0.750. The van der Waals surface area contributed by atoms with E-state index < -0.39 is 36.7 Å². The molecule has 1 aliphatic rings. The molecule has 1 saturated heterocycles. The van der Waals surface area contributed by atoms with E-state index in [1.807, 2.05) is 13.8 Å². The van der Waals surface area contributed by atoms with Gasteiger partial charge in [-0.25, -0.2) is 0 Å². The topological polar surface area (TPSA) is 123 Å². The van der Waals surface area contributed by atoms with Crippen LogP contribution in [0, 0.1) is 0 Å². The van der Waals surface area contributed by atoms with Crippen molar-refractivity contribution in [2.45, 2.75) is 108 Å². The highest BCUT2D eigenvalue weighted by Crippen LogP contribution is 2.21. The first-order valence-corrected chi connectivity index (χ1v) is 10.3. The summed E-state index contributed by atoms with van der Waals surface area (Å²) in [6.45, 7) is 4.19. The van der Waals surface area contributed by atoms with Crippen LogP contribution in [-0.4, -0.2) is 71.0 Å². The average Bonchev–Trinajstić information content (AvgIpc) is 3.00. The summed E-state index contributed by atoms with van der Waals surface area (Å²) >= 11 is 0. The molecule has 6 atom stereocenters. The Morgan fingerprint density at radius 3 is 2.36 bits per heavy atom. The van der Waals surface area contributed by atoms with Crippen LogP contribution in [0.4, 0.5) is 0 Å². The predicted molar refractivity (Wildman–Crippen MR) is 101 cm³/mol. The lowest BCUT2D eigenvalue weighted by molar-refractivity contribution is -0.159. The highest BCUT2D eigenvalue weighted by molar-refractivity contribution is 5.70. The zero-order chi connectivity index (χ0) is 20.9. The summed E-state index contributed by atoms with van der Waals surface area (Å²) in [5.41, 5.74) is 0. The van der Waals surface area contributed by atoms with E-state index in [0.717, 1.165) is 12.8 Å². The first-order valence-electron chi connectivity index (χ1n) is 10.3. The molecule has 8 nitrogen and oxygen atoms in total. The molecule has 164 valence electrons. The Labute approximate surface area is 167 Å². The standard InChI is InChI=1S/C20H36O8/c1-3-5-17(9-14(22)7-8-21)27-19(25)11-15(23)10-18(6-4-2)28-20-12-16(24)13-26-20/h8,14-18,20,22-24H,3-7,9-13H2,1-2H3. The Balaban J connectivity index is 2.44. The summed E-state index contributed by atoms with van der Waals surface area (Å²) in [7, 11) is 0. The van der Waals surface area contributed by atoms with Gasteiger partial charge in [0.2, 0.25) is 0 Å². The minimum atomic E-state index is -0.919. The molecule has 6 unspecified atom stereocenters. The third kappa shape index (κ3) is 10.5. The van der Waals surface area contributed by atoms with Gasteiger partial charge in [0.1, 0.15) is 12.4 Å². The minimum Gasteiger partial charge on any atom is -0.462 e. The maximum absolute atomic E-state index is 12.2. The summed E-state index contributed by atoms with van der Waals surface area (Å²) < 4.78 is 16.6. The number of carbonyl (C=O) groups is 2. The largest absolute Gasteiger partial charge is 0.462 e. The number of carbonyl (C=O) groups excluding carboxylic acids is 2. The van der Waals surface area contributed by atoms with Crippen molar-refractivity contribution >= 4 is 12.3 Å². The fraction of sp³-hybridized carbons (Fsp3) is 0.900. The van der Waals surface area contributed by atoms with E-state index in [9.17, 15) is 24.9 Å². The third-order valence-corrected chi connectivity index (χ3v) is 4.64. The van der Waals surface area contributed by atoms with Gasteiger partial charge in [-0.2, -0.15) is 0 Å². The molecule has 1 fully saturated rings. The van der Waals surface area contributed by atoms with Crippen LogP contribution >= 0.6 is 0 Å². The van der Waals surface area contributed by atoms with Gasteiger partial charge >= 0.3 is 5.97 Å². The zero-order valence-electron chi connectivity index (χ0n) is 17.0. The fourth-order valence-corrected chi connectivity index (χ4v) is 3.32. The van der Waals surface area contributed by atoms with Gasteiger partial charge in [-0.3, -0.25) is 4.79 Å². The van der Waals surface area contributed by atoms with E-state index in [0.29, 0.717) is 25.5 Å². The Morgan fingerprint density at radius 1 is 1.14 bits per heavy atom. The van der Waals surface area contributed by atoms with Crippen LogP contribution in [-0.2, 0) is 23.8 Å². The molecule has 0 spiro atoms. The molecule has 0 bridgehead atoms. The SMILES string of the molecule is CCCC(CC(O)CC=O)OC(=O)CC(O)CC(CCC)OC1CC(O)CO1. The molecular formula is C20H36O8. The van der Waals surface area contributed by atoms with Gasteiger partial charge in [0, 0.05) is 25.7 Å². The number of aliphatic hydroxyl groups excluding tert-OH is 3. The number of aliphatic hydroxyl groups is 3. The molecule has 3 N–H and O–H groups in total. The van der Waals surface area contributed by atoms with Crippen molar-refractivity contribution in [2.24, 2.45) is 0 Å². The fourth-order valence-electron chi connectivity index (χ4n) is 3.32. The Kier molecular flexibility index (Phi) is 12.5. The van der Waals surface area contributed by atoms with E-state index in [2.05, 4.69) is 0 Å². The smallest absolute Gasteiger partial charge is 0.308 e. The predicted octanol–water partition coefficient (Wildman–Crippen LogP) is 1.47. The third-order valence-electron chi connectivity index (χ3n) is 4.64. The average molecular weight is 405 g/mol. The van der Waals surface area contributed by atoms with Crippen molar-refractivity contribution in [3.05, 3.63) is 0 Å². The van der Waals surface area contributed by atoms with E-state index in [4.69, 9.17) is 14.2 Å². The highest BCUT2D eigenvalue weighted by Gasteiger charge is 2.28. The van der Waals surface area contributed by atoms with Gasteiger partial charge in [0.15, 0.2) is 6.29 Å². The van der Waals surface area contributed by atoms with Gasteiger partial charge in [0.05, 0.1) is 37.4 Å². The van der Waals surface area contributed by atoms with Crippen LogP contribution in [0.3, 0.4) is 0 Å². The van der Waals surface area contributed by atoms with Crippen LogP contribution in [0.25, 0.3) is 0 Å². The van der Waals surface area contributed by atoms with Crippen molar-refractivity contribution in [3.63, 3.8) is 0 Å². The van der Waals surface area contributed by atoms with E-state index in [-0.39, 0.29) is 38.4 Å². The summed E-state index contributed by atoms with van der Waals surface area (Å²) in [5, 5.41) is 29.6. The van der Waals surface area contributed by atoms with E-state index in [1.54, 1.807) is 0 Å². The molecule has 0 aromatic carbocycles. The highest BCUT2D eigenvalue weighted by atomic mass is 16.7. The lowest BCUT2D eigenvalue weighted by Crippen LogP contribution is -2.29. The van der Waals surface area contributed by atoms with Crippen molar-refractivity contribution in [2.75, 3.05) is 6.61 Å². The second-order valence-corrected chi connectivity index (χ2v) is 7.49. The van der Waals surface area contributed by atoms with Crippen LogP contribution in [0.1, 0.15) is 71.6 Å². The maximum atomic E-state index is 12.2. The van der Waals surface area contributed by atoms with Gasteiger partial charge in [-0.15, -0.1) is 0 Å². The number of hydrogen-bond donors (Lipinski definition) is 3. The van der Waals surface area contributed by atoms with Crippen LogP contribution < -0.4 is 0 Å². The number of hydrogen-bond acceptors (Lipinski definition) is 8. The van der Waals surface area contributed by atoms with Crippen molar-refractivity contribution in [3.8, 4) is 0 Å². The van der Waals surface area contributed by atoms with Crippen molar-refractivity contribution < 1.29 is 39.1 Å². The van der Waals surface area contributed by atoms with Crippen molar-refractivity contribution in [1.29, 1.82) is 0 Å². The van der Waals surface area contributed by atoms with E-state index >= 15 is 0 Å². The molecule has 1 aliphatic heterocycles. The Hall–Kier alpha value is -1.06. The molecule has 0 aromatic heterocycles. The summed E-state index contributed by atoms with van der Waals surface area (Å²) in [4.78, 5) is 22.7. The first kappa shape index (κ1) is 25.0. The zero-order valence-corrected chi connectivity index (χ0v) is 17.0. The van der Waals surface area contributed by atoms with Crippen molar-refractivity contribution in [1.82, 2.24) is 0 Å². The molecule has 0 aliphatic carbocycles. The summed E-state index contributed by atoms with van der Waals surface area (Å²) in [5.74, 6) is -0.535. The van der Waals surface area contributed by atoms with E-state index in [1.165, 1.54) is 0 Å². The van der Waals surface area contributed by atoms with Crippen LogP contribution in [0.2, 0.25) is 0 Å². The summed E-state index contributed by atoms with van der Waals surface area (Å²) in [6, 6.07) is 0. The second kappa shape index (κ2) is 14.0. The second-order valence-electron chi connectivity index (χ2n) is 7.49. The number of esters is 1. The monoisotopic (exact) mass is 404 g/mol. The maximum Gasteiger partial charge on any atom is 0.308 e. The normalized spacial score (nSPS) is 23.8. The Bertz CT molecular complexity index is 444. The van der Waals surface area contributed by atoms with Gasteiger partial charge in [0.25, 0.3) is 0 Å². The molecule has 28 heavy (non-hydrogen) atoms. The molecular weight excluding hydrogens is 368 g/mol. The minimum absolute atomic E-state index is 0.00829. The molecule has 0 aromatic rings. The quantitative estimate of drug-likeness (QED) is 0.277. The van der Waals surface area contributed by atoms with Gasteiger partial charge in [-0.05, 0) is 12.8 Å². The van der Waals surface area contributed by atoms with Gasteiger partial charge < -0.3 is 34.3 Å². The van der Waals surface area contributed by atoms with Gasteiger partial charge in [-0.1, -0.05) is 26.7 Å². The first-order chi connectivity index (χ1) is 13.4.